The first-order valence-electron chi connectivity index (χ1n) is 5.75. The molecule has 0 saturated heterocycles. The van der Waals surface area contributed by atoms with Gasteiger partial charge in [0.1, 0.15) is 10.3 Å². The fourth-order valence-corrected chi connectivity index (χ4v) is 2.41. The lowest BCUT2D eigenvalue weighted by Crippen LogP contribution is -2.16. The number of halogens is 1. The third-order valence-corrected chi connectivity index (χ3v) is 4.21. The van der Waals surface area contributed by atoms with Crippen molar-refractivity contribution in [3.8, 4) is 0 Å². The van der Waals surface area contributed by atoms with Crippen molar-refractivity contribution in [1.82, 2.24) is 9.97 Å². The van der Waals surface area contributed by atoms with Gasteiger partial charge < -0.3 is 4.98 Å². The molecule has 3 nitrogen and oxygen atoms in total. The number of rotatable bonds is 4. The molecule has 1 aromatic heterocycles. The number of nitrogens with zero attached hydrogens (tertiary/aromatic N) is 1. The van der Waals surface area contributed by atoms with Crippen molar-refractivity contribution >= 4 is 27.7 Å². The second-order valence-electron chi connectivity index (χ2n) is 4.92. The van der Waals surface area contributed by atoms with Gasteiger partial charge in [0.05, 0.1) is 11.4 Å². The van der Waals surface area contributed by atoms with Crippen LogP contribution in [0.5, 0.6) is 0 Å². The van der Waals surface area contributed by atoms with E-state index in [9.17, 15) is 4.79 Å². The van der Waals surface area contributed by atoms with Crippen LogP contribution in [0.2, 0.25) is 0 Å². The Balaban J connectivity index is 2.91. The van der Waals surface area contributed by atoms with Gasteiger partial charge in [0.25, 0.3) is 5.56 Å². The maximum atomic E-state index is 11.7. The lowest BCUT2D eigenvalue weighted by molar-refractivity contribution is 0.795. The molecule has 0 atom stereocenters. The van der Waals surface area contributed by atoms with Gasteiger partial charge in [-0.1, -0.05) is 34.1 Å². The summed E-state index contributed by atoms with van der Waals surface area (Å²) in [5.74, 6) is 1.50. The second-order valence-corrected chi connectivity index (χ2v) is 7.52. The van der Waals surface area contributed by atoms with Gasteiger partial charge in [0.2, 0.25) is 0 Å². The molecular weight excluding hydrogens is 300 g/mol. The Labute approximate surface area is 115 Å². The number of aromatic amines is 1. The fourth-order valence-electron chi connectivity index (χ4n) is 1.31. The molecule has 0 fully saturated rings. The molecule has 5 heteroatoms. The molecule has 17 heavy (non-hydrogen) atoms. The number of hydrogen-bond donors (Lipinski definition) is 1. The quantitative estimate of drug-likeness (QED) is 0.923. The number of thioether (sulfide) groups is 1. The largest absolute Gasteiger partial charge is 0.309 e. The van der Waals surface area contributed by atoms with Crippen LogP contribution in [0.1, 0.15) is 45.6 Å². The predicted molar refractivity (Wildman–Crippen MR) is 77.6 cm³/mol. The fraction of sp³-hybridized carbons (Fsp3) is 0.667. The highest BCUT2D eigenvalue weighted by molar-refractivity contribution is 9.10. The monoisotopic (exact) mass is 318 g/mol. The smallest absolute Gasteiger partial charge is 0.265 e. The molecule has 0 unspecified atom stereocenters. The van der Waals surface area contributed by atoms with Crippen molar-refractivity contribution in [2.24, 2.45) is 0 Å². The molecule has 1 N–H and O–H groups in total. The van der Waals surface area contributed by atoms with Gasteiger partial charge in [0, 0.05) is 4.75 Å². The van der Waals surface area contributed by atoms with Crippen molar-refractivity contribution in [2.45, 2.75) is 51.0 Å². The maximum absolute atomic E-state index is 11.7. The first-order chi connectivity index (χ1) is 7.83. The molecule has 1 aromatic rings. The Hall–Kier alpha value is -0.290. The molecule has 0 aliphatic carbocycles. The Kier molecular flexibility index (Phi) is 5.25. The summed E-state index contributed by atoms with van der Waals surface area (Å²) in [6.45, 7) is 8.55. The first kappa shape index (κ1) is 14.8. The topological polar surface area (TPSA) is 45.8 Å². The number of H-pyrrole nitrogens is 1. The van der Waals surface area contributed by atoms with Crippen LogP contribution in [-0.4, -0.2) is 14.7 Å². The molecule has 1 heterocycles. The van der Waals surface area contributed by atoms with Crippen LogP contribution in [0, 0.1) is 0 Å². The third kappa shape index (κ3) is 4.84. The molecule has 0 saturated carbocycles. The number of aromatic nitrogens is 2. The van der Waals surface area contributed by atoms with Crippen molar-refractivity contribution in [3.63, 3.8) is 0 Å². The summed E-state index contributed by atoms with van der Waals surface area (Å²) >= 11 is 5.07. The minimum atomic E-state index is -0.0760. The highest BCUT2D eigenvalue weighted by Crippen LogP contribution is 2.26. The minimum Gasteiger partial charge on any atom is -0.309 e. The van der Waals surface area contributed by atoms with Crippen molar-refractivity contribution < 1.29 is 0 Å². The van der Waals surface area contributed by atoms with Crippen LogP contribution in [-0.2, 0) is 12.2 Å². The van der Waals surface area contributed by atoms with Crippen LogP contribution >= 0.6 is 27.7 Å². The van der Waals surface area contributed by atoms with E-state index in [2.05, 4.69) is 53.6 Å². The third-order valence-electron chi connectivity index (χ3n) is 2.11. The molecule has 0 aromatic carbocycles. The standard InChI is InChI=1S/C12H19BrN2OS/c1-5-6-8-10(13)11(16)15-9(14-8)7-17-12(2,3)4/h5-7H2,1-4H3,(H,14,15,16). The van der Waals surface area contributed by atoms with Crippen molar-refractivity contribution in [1.29, 1.82) is 0 Å². The molecule has 1 rings (SSSR count). The van der Waals surface area contributed by atoms with Gasteiger partial charge in [-0.2, -0.15) is 0 Å². The maximum Gasteiger partial charge on any atom is 0.265 e. The lowest BCUT2D eigenvalue weighted by atomic mass is 10.2. The Bertz CT molecular complexity index is 437. The van der Waals surface area contributed by atoms with Crippen molar-refractivity contribution in [3.05, 3.63) is 26.3 Å². The van der Waals surface area contributed by atoms with E-state index in [0.29, 0.717) is 4.47 Å². The van der Waals surface area contributed by atoms with Gasteiger partial charge in [0.15, 0.2) is 0 Å². The molecule has 0 spiro atoms. The van der Waals surface area contributed by atoms with E-state index in [1.54, 1.807) is 11.8 Å². The summed E-state index contributed by atoms with van der Waals surface area (Å²) in [7, 11) is 0. The molecule has 0 radical (unpaired) electrons. The van der Waals surface area contributed by atoms with Crippen LogP contribution in [0.15, 0.2) is 9.27 Å². The summed E-state index contributed by atoms with van der Waals surface area (Å²) in [5, 5.41) is 0. The molecule has 0 bridgehead atoms. The second kappa shape index (κ2) is 6.05. The Morgan fingerprint density at radius 2 is 2.06 bits per heavy atom. The van der Waals surface area contributed by atoms with Gasteiger partial charge in [-0.15, -0.1) is 11.8 Å². The van der Waals surface area contributed by atoms with Gasteiger partial charge >= 0.3 is 0 Å². The zero-order chi connectivity index (χ0) is 13.1. The minimum absolute atomic E-state index is 0.0760. The summed E-state index contributed by atoms with van der Waals surface area (Å²) in [4.78, 5) is 19.0. The van der Waals surface area contributed by atoms with Gasteiger partial charge in [-0.25, -0.2) is 4.98 Å². The predicted octanol–water partition coefficient (Wildman–Crippen LogP) is 3.52. The zero-order valence-corrected chi connectivity index (χ0v) is 13.2. The van der Waals surface area contributed by atoms with E-state index in [-0.39, 0.29) is 10.3 Å². The number of nitrogens with one attached hydrogen (secondary N) is 1. The highest BCUT2D eigenvalue weighted by Gasteiger charge is 2.13. The van der Waals surface area contributed by atoms with Gasteiger partial charge in [-0.05, 0) is 22.4 Å². The molecular formula is C12H19BrN2OS. The SMILES string of the molecule is CCCc1nc(CSC(C)(C)C)[nH]c(=O)c1Br. The van der Waals surface area contributed by atoms with Crippen molar-refractivity contribution in [2.75, 3.05) is 0 Å². The molecule has 0 aliphatic heterocycles. The number of aryl methyl sites for hydroxylation is 1. The summed E-state index contributed by atoms with van der Waals surface area (Å²) in [6.07, 6.45) is 1.82. The molecule has 0 amide bonds. The molecule has 0 aliphatic rings. The normalized spacial score (nSPS) is 11.8. The van der Waals surface area contributed by atoms with E-state index in [4.69, 9.17) is 0 Å². The van der Waals surface area contributed by atoms with Gasteiger partial charge in [-0.3, -0.25) is 4.79 Å². The Morgan fingerprint density at radius 1 is 1.41 bits per heavy atom. The molecule has 96 valence electrons. The van der Waals surface area contributed by atoms with E-state index in [0.717, 1.165) is 30.1 Å². The summed E-state index contributed by atoms with van der Waals surface area (Å²) in [6, 6.07) is 0. The van der Waals surface area contributed by atoms with Crippen LogP contribution in [0.3, 0.4) is 0 Å². The first-order valence-corrected chi connectivity index (χ1v) is 7.53. The highest BCUT2D eigenvalue weighted by atomic mass is 79.9. The number of hydrogen-bond acceptors (Lipinski definition) is 3. The van der Waals surface area contributed by atoms with Crippen LogP contribution < -0.4 is 5.56 Å². The Morgan fingerprint density at radius 3 is 2.59 bits per heavy atom. The summed E-state index contributed by atoms with van der Waals surface area (Å²) in [5.41, 5.74) is 0.786. The summed E-state index contributed by atoms with van der Waals surface area (Å²) < 4.78 is 0.750. The van der Waals surface area contributed by atoms with E-state index in [1.807, 2.05) is 0 Å². The average molecular weight is 319 g/mol. The lowest BCUT2D eigenvalue weighted by Gasteiger charge is -2.17. The van der Waals surface area contributed by atoms with Crippen LogP contribution in [0.4, 0.5) is 0 Å². The van der Waals surface area contributed by atoms with Crippen LogP contribution in [0.25, 0.3) is 0 Å². The van der Waals surface area contributed by atoms with E-state index < -0.39 is 0 Å². The average Bonchev–Trinajstić information content (AvgIpc) is 2.21. The van der Waals surface area contributed by atoms with E-state index >= 15 is 0 Å². The zero-order valence-electron chi connectivity index (χ0n) is 10.8. The van der Waals surface area contributed by atoms with E-state index in [1.165, 1.54) is 0 Å².